The molecule has 0 unspecified atom stereocenters. The van der Waals surface area contributed by atoms with E-state index in [2.05, 4.69) is 10.6 Å². The van der Waals surface area contributed by atoms with Gasteiger partial charge in [0.25, 0.3) is 5.91 Å². The van der Waals surface area contributed by atoms with E-state index in [0.717, 1.165) is 5.56 Å². The quantitative estimate of drug-likeness (QED) is 0.419. The molecule has 186 valence electrons. The van der Waals surface area contributed by atoms with Gasteiger partial charge in [-0.25, -0.2) is 0 Å². The first-order chi connectivity index (χ1) is 17.5. The van der Waals surface area contributed by atoms with Crippen LogP contribution in [0, 0.1) is 0 Å². The third-order valence-corrected chi connectivity index (χ3v) is 5.55. The second-order valence-electron chi connectivity index (χ2n) is 8.14. The van der Waals surface area contributed by atoms with Crippen LogP contribution in [0.15, 0.2) is 72.8 Å². The van der Waals surface area contributed by atoms with Gasteiger partial charge in [0.05, 0.1) is 31.3 Å². The zero-order valence-corrected chi connectivity index (χ0v) is 19.9. The van der Waals surface area contributed by atoms with Gasteiger partial charge in [-0.05, 0) is 29.8 Å². The fraction of sp³-hybridized carbons (Fsp3) is 0.222. The molecule has 0 bridgehead atoms. The van der Waals surface area contributed by atoms with Crippen molar-refractivity contribution in [2.45, 2.75) is 13.0 Å². The molecule has 9 nitrogen and oxygen atoms in total. The molecule has 3 aromatic rings. The van der Waals surface area contributed by atoms with Gasteiger partial charge < -0.3 is 24.8 Å². The summed E-state index contributed by atoms with van der Waals surface area (Å²) in [4.78, 5) is 39.5. The van der Waals surface area contributed by atoms with E-state index in [-0.39, 0.29) is 37.5 Å². The van der Waals surface area contributed by atoms with Crippen molar-refractivity contribution in [2.75, 3.05) is 37.6 Å². The lowest BCUT2D eigenvalue weighted by molar-refractivity contribution is -0.141. The maximum Gasteiger partial charge on any atom is 0.306 e. The van der Waals surface area contributed by atoms with Gasteiger partial charge in [0.15, 0.2) is 11.5 Å². The molecule has 2 amide bonds. The van der Waals surface area contributed by atoms with Crippen LogP contribution in [0.2, 0.25) is 0 Å². The molecule has 4 rings (SSSR count). The summed E-state index contributed by atoms with van der Waals surface area (Å²) in [7, 11) is 1.34. The number of esters is 1. The number of benzene rings is 3. The Labute approximate surface area is 209 Å². The predicted molar refractivity (Wildman–Crippen MR) is 134 cm³/mol. The Kier molecular flexibility index (Phi) is 8.15. The van der Waals surface area contributed by atoms with E-state index in [0.29, 0.717) is 41.5 Å². The summed E-state index contributed by atoms with van der Waals surface area (Å²) in [5, 5.41) is 5.66. The highest BCUT2D eigenvalue weighted by molar-refractivity contribution is 6.10. The number of ether oxygens (including phenoxy) is 3. The SMILES string of the molecule is COC(=O)CCN(CC(=O)Nc1ccccc1C(=O)Nc1ccc2c(c1)OCO2)Cc1ccccc1. The first-order valence-corrected chi connectivity index (χ1v) is 11.4. The number of hydrogen-bond acceptors (Lipinski definition) is 7. The van der Waals surface area contributed by atoms with Gasteiger partial charge in [-0.15, -0.1) is 0 Å². The Morgan fingerprint density at radius 1 is 0.917 bits per heavy atom. The van der Waals surface area contributed by atoms with E-state index in [1.54, 1.807) is 42.5 Å². The summed E-state index contributed by atoms with van der Waals surface area (Å²) >= 11 is 0. The summed E-state index contributed by atoms with van der Waals surface area (Å²) < 4.78 is 15.4. The molecule has 1 heterocycles. The molecule has 9 heteroatoms. The molecule has 0 saturated carbocycles. The lowest BCUT2D eigenvalue weighted by atomic mass is 10.1. The number of rotatable bonds is 10. The molecule has 0 fully saturated rings. The molecule has 0 aromatic heterocycles. The van der Waals surface area contributed by atoms with Crippen molar-refractivity contribution >= 4 is 29.2 Å². The highest BCUT2D eigenvalue weighted by Crippen LogP contribution is 2.34. The Balaban J connectivity index is 1.42. The van der Waals surface area contributed by atoms with Crippen molar-refractivity contribution in [3.63, 3.8) is 0 Å². The largest absolute Gasteiger partial charge is 0.469 e. The van der Waals surface area contributed by atoms with Crippen molar-refractivity contribution in [1.29, 1.82) is 0 Å². The molecule has 2 N–H and O–H groups in total. The highest BCUT2D eigenvalue weighted by atomic mass is 16.7. The molecule has 0 spiro atoms. The Hall–Kier alpha value is -4.37. The van der Waals surface area contributed by atoms with Gasteiger partial charge >= 0.3 is 5.97 Å². The molecule has 0 radical (unpaired) electrons. The minimum atomic E-state index is -0.378. The smallest absolute Gasteiger partial charge is 0.306 e. The molecular formula is C27H27N3O6. The predicted octanol–water partition coefficient (Wildman–Crippen LogP) is 3.67. The maximum absolute atomic E-state index is 13.0. The van der Waals surface area contributed by atoms with Crippen LogP contribution >= 0.6 is 0 Å². The molecule has 0 saturated heterocycles. The zero-order chi connectivity index (χ0) is 25.3. The normalized spacial score (nSPS) is 11.7. The van der Waals surface area contributed by atoms with Crippen LogP contribution in [0.25, 0.3) is 0 Å². The van der Waals surface area contributed by atoms with Crippen molar-refractivity contribution in [1.82, 2.24) is 4.90 Å². The van der Waals surface area contributed by atoms with Gasteiger partial charge in [0.1, 0.15) is 0 Å². The van der Waals surface area contributed by atoms with Gasteiger partial charge in [0, 0.05) is 24.8 Å². The van der Waals surface area contributed by atoms with E-state index >= 15 is 0 Å². The molecular weight excluding hydrogens is 462 g/mol. The molecule has 3 aromatic carbocycles. The lowest BCUT2D eigenvalue weighted by Gasteiger charge is -2.22. The van der Waals surface area contributed by atoms with E-state index in [1.807, 2.05) is 35.2 Å². The number of fused-ring (bicyclic) bond motifs is 1. The van der Waals surface area contributed by atoms with E-state index in [9.17, 15) is 14.4 Å². The number of methoxy groups -OCH3 is 1. The minimum Gasteiger partial charge on any atom is -0.469 e. The summed E-state index contributed by atoms with van der Waals surface area (Å²) in [6.07, 6.45) is 0.158. The van der Waals surface area contributed by atoms with Gasteiger partial charge in [-0.2, -0.15) is 0 Å². The molecule has 1 aliphatic heterocycles. The number of nitrogens with zero attached hydrogens (tertiary/aromatic N) is 1. The van der Waals surface area contributed by atoms with Crippen LogP contribution in [-0.4, -0.2) is 49.7 Å². The monoisotopic (exact) mass is 489 g/mol. The third kappa shape index (κ3) is 6.61. The van der Waals surface area contributed by atoms with E-state index in [1.165, 1.54) is 7.11 Å². The van der Waals surface area contributed by atoms with Crippen molar-refractivity contribution in [2.24, 2.45) is 0 Å². The Bertz CT molecular complexity index is 1230. The van der Waals surface area contributed by atoms with Gasteiger partial charge in [-0.3, -0.25) is 19.3 Å². The average molecular weight is 490 g/mol. The van der Waals surface area contributed by atoms with Crippen molar-refractivity contribution in [3.8, 4) is 11.5 Å². The number of hydrogen-bond donors (Lipinski definition) is 2. The number of amides is 2. The summed E-state index contributed by atoms with van der Waals surface area (Å²) in [5.41, 5.74) is 2.25. The second kappa shape index (κ2) is 11.9. The van der Waals surface area contributed by atoms with E-state index < -0.39 is 0 Å². The van der Waals surface area contributed by atoms with Crippen LogP contribution < -0.4 is 20.1 Å². The Morgan fingerprint density at radius 3 is 2.47 bits per heavy atom. The number of anilines is 2. The average Bonchev–Trinajstić information content (AvgIpc) is 3.36. The molecule has 0 aliphatic carbocycles. The first kappa shape index (κ1) is 24.7. The summed E-state index contributed by atoms with van der Waals surface area (Å²) in [6.45, 7) is 1.01. The molecule has 0 atom stereocenters. The third-order valence-electron chi connectivity index (χ3n) is 5.55. The zero-order valence-electron chi connectivity index (χ0n) is 19.9. The minimum absolute atomic E-state index is 0.0317. The number of nitrogens with one attached hydrogen (secondary N) is 2. The Morgan fingerprint density at radius 2 is 1.67 bits per heavy atom. The summed E-state index contributed by atoms with van der Waals surface area (Å²) in [5.74, 6) is 0.141. The van der Waals surface area contributed by atoms with Crippen LogP contribution in [0.5, 0.6) is 11.5 Å². The second-order valence-corrected chi connectivity index (χ2v) is 8.14. The topological polar surface area (TPSA) is 106 Å². The highest BCUT2D eigenvalue weighted by Gasteiger charge is 2.18. The summed E-state index contributed by atoms with van der Waals surface area (Å²) in [6, 6.07) is 21.6. The molecule has 36 heavy (non-hydrogen) atoms. The van der Waals surface area contributed by atoms with Crippen molar-refractivity contribution in [3.05, 3.63) is 83.9 Å². The maximum atomic E-state index is 13.0. The van der Waals surface area contributed by atoms with Crippen molar-refractivity contribution < 1.29 is 28.6 Å². The van der Waals surface area contributed by atoms with Gasteiger partial charge in [0.2, 0.25) is 12.7 Å². The lowest BCUT2D eigenvalue weighted by Crippen LogP contribution is -2.35. The number of carbonyl (C=O) groups is 3. The fourth-order valence-electron chi connectivity index (χ4n) is 3.76. The number of carbonyl (C=O) groups excluding carboxylic acids is 3. The van der Waals surface area contributed by atoms with Gasteiger partial charge in [-0.1, -0.05) is 42.5 Å². The fourth-order valence-corrected chi connectivity index (χ4v) is 3.76. The van der Waals surface area contributed by atoms with Crippen LogP contribution in [0.4, 0.5) is 11.4 Å². The standard InChI is InChI=1S/C27H27N3O6/c1-34-26(32)13-14-30(16-19-7-3-2-4-8-19)17-25(31)29-22-10-6-5-9-21(22)27(33)28-20-11-12-23-24(15-20)36-18-35-23/h2-12,15H,13-14,16-18H2,1H3,(H,28,33)(H,29,31). The van der Waals surface area contributed by atoms with Crippen LogP contribution in [-0.2, 0) is 20.9 Å². The number of para-hydroxylation sites is 1. The molecule has 1 aliphatic rings. The van der Waals surface area contributed by atoms with E-state index in [4.69, 9.17) is 14.2 Å². The first-order valence-electron chi connectivity index (χ1n) is 11.4. The van der Waals surface area contributed by atoms with Crippen LogP contribution in [0.1, 0.15) is 22.3 Å². The van der Waals surface area contributed by atoms with Crippen LogP contribution in [0.3, 0.4) is 0 Å².